The van der Waals surface area contributed by atoms with Crippen molar-refractivity contribution in [2.45, 2.75) is 23.8 Å². The molecule has 2 aromatic carbocycles. The highest BCUT2D eigenvalue weighted by atomic mass is 32.2. The minimum Gasteiger partial charge on any atom is -0.476 e. The van der Waals surface area contributed by atoms with Gasteiger partial charge in [0.2, 0.25) is 5.91 Å². The maximum absolute atomic E-state index is 13.3. The van der Waals surface area contributed by atoms with Crippen LogP contribution in [0.5, 0.6) is 5.75 Å². The quantitative estimate of drug-likeness (QED) is 0.829. The van der Waals surface area contributed by atoms with E-state index >= 15 is 0 Å². The molecule has 1 fully saturated rings. The third-order valence-electron chi connectivity index (χ3n) is 4.86. The Hall–Kier alpha value is -3.07. The summed E-state index contributed by atoms with van der Waals surface area (Å²) in [5, 5.41) is 0. The number of carbonyl (C=O) groups is 2. The maximum atomic E-state index is 13.3. The topological polar surface area (TPSA) is 110 Å². The molecule has 1 saturated heterocycles. The van der Waals surface area contributed by atoms with E-state index in [9.17, 15) is 18.0 Å². The molecule has 1 atom stereocenters. The summed E-state index contributed by atoms with van der Waals surface area (Å²) in [7, 11) is -3.95. The Labute approximate surface area is 162 Å². The van der Waals surface area contributed by atoms with Crippen LogP contribution in [-0.4, -0.2) is 39.4 Å². The van der Waals surface area contributed by atoms with E-state index in [2.05, 4.69) is 0 Å². The third-order valence-corrected chi connectivity index (χ3v) is 6.66. The first-order valence-corrected chi connectivity index (χ1v) is 10.3. The van der Waals surface area contributed by atoms with Gasteiger partial charge in [0, 0.05) is 18.7 Å². The van der Waals surface area contributed by atoms with Gasteiger partial charge in [0.25, 0.3) is 15.9 Å². The van der Waals surface area contributed by atoms with Crippen LogP contribution in [0.25, 0.3) is 0 Å². The lowest BCUT2D eigenvalue weighted by Gasteiger charge is -2.34. The molecule has 0 aliphatic carbocycles. The van der Waals surface area contributed by atoms with Gasteiger partial charge in [-0.25, -0.2) is 8.42 Å². The molecule has 4 rings (SSSR count). The summed E-state index contributed by atoms with van der Waals surface area (Å²) in [5.74, 6) is -0.431. The van der Waals surface area contributed by atoms with Gasteiger partial charge < -0.3 is 15.4 Å². The van der Waals surface area contributed by atoms with Gasteiger partial charge in [-0.05, 0) is 42.8 Å². The highest BCUT2D eigenvalue weighted by Crippen LogP contribution is 2.37. The lowest BCUT2D eigenvalue weighted by atomic mass is 10.2. The molecule has 2 N–H and O–H groups in total. The number of carbonyl (C=O) groups excluding carboxylic acids is 2. The second kappa shape index (κ2) is 6.83. The predicted molar refractivity (Wildman–Crippen MR) is 103 cm³/mol. The molecule has 0 spiro atoms. The van der Waals surface area contributed by atoms with Gasteiger partial charge in [-0.1, -0.05) is 12.1 Å². The van der Waals surface area contributed by atoms with Crippen molar-refractivity contribution in [3.63, 3.8) is 0 Å². The van der Waals surface area contributed by atoms with E-state index < -0.39 is 22.0 Å². The Kier molecular flexibility index (Phi) is 4.46. The number of ether oxygens (including phenoxy) is 1. The molecule has 2 amide bonds. The second-order valence-corrected chi connectivity index (χ2v) is 8.52. The van der Waals surface area contributed by atoms with E-state index in [0.29, 0.717) is 24.3 Å². The zero-order chi connectivity index (χ0) is 19.9. The van der Waals surface area contributed by atoms with Crippen LogP contribution >= 0.6 is 0 Å². The SMILES string of the molecule is NC(=O)[C@@H]1CN(S(=O)(=O)c2ccc(N3CCCC3=O)cc2)c2ccccc2O1. The van der Waals surface area contributed by atoms with Crippen LogP contribution in [-0.2, 0) is 19.6 Å². The van der Waals surface area contributed by atoms with E-state index in [1.807, 2.05) is 0 Å². The number of anilines is 2. The number of amides is 2. The molecule has 2 aliphatic rings. The maximum Gasteiger partial charge on any atom is 0.264 e. The molecule has 2 heterocycles. The van der Waals surface area contributed by atoms with Crippen molar-refractivity contribution in [3.05, 3.63) is 48.5 Å². The van der Waals surface area contributed by atoms with Crippen molar-refractivity contribution in [1.29, 1.82) is 0 Å². The summed E-state index contributed by atoms with van der Waals surface area (Å²) < 4.78 is 33.2. The van der Waals surface area contributed by atoms with Gasteiger partial charge in [-0.2, -0.15) is 0 Å². The van der Waals surface area contributed by atoms with Crippen LogP contribution in [0.2, 0.25) is 0 Å². The van der Waals surface area contributed by atoms with Gasteiger partial charge in [0.05, 0.1) is 17.1 Å². The van der Waals surface area contributed by atoms with Gasteiger partial charge in [0.1, 0.15) is 5.75 Å². The number of benzene rings is 2. The van der Waals surface area contributed by atoms with E-state index in [1.165, 1.54) is 12.1 Å². The standard InChI is InChI=1S/C19H19N3O5S/c20-19(24)17-12-22(15-4-1-2-5-16(15)27-17)28(25,26)14-9-7-13(8-10-14)21-11-3-6-18(21)23/h1-2,4-5,7-10,17H,3,6,11-12H2,(H2,20,24)/t17-/m0/s1. The zero-order valence-electron chi connectivity index (χ0n) is 14.9. The minimum atomic E-state index is -3.95. The number of hydrogen-bond donors (Lipinski definition) is 1. The fourth-order valence-electron chi connectivity index (χ4n) is 3.42. The van der Waals surface area contributed by atoms with Crippen molar-refractivity contribution >= 4 is 33.2 Å². The lowest BCUT2D eigenvalue weighted by Crippen LogP contribution is -2.49. The Morgan fingerprint density at radius 1 is 1.11 bits per heavy atom. The fraction of sp³-hybridized carbons (Fsp3) is 0.263. The third kappa shape index (κ3) is 3.07. The van der Waals surface area contributed by atoms with Crippen LogP contribution in [0, 0.1) is 0 Å². The Bertz CT molecular complexity index is 1040. The fourth-order valence-corrected chi connectivity index (χ4v) is 4.90. The van der Waals surface area contributed by atoms with E-state index in [0.717, 1.165) is 10.7 Å². The lowest BCUT2D eigenvalue weighted by molar-refractivity contribution is -0.124. The molecule has 28 heavy (non-hydrogen) atoms. The van der Waals surface area contributed by atoms with Crippen molar-refractivity contribution in [2.75, 3.05) is 22.3 Å². The Balaban J connectivity index is 1.69. The number of para-hydroxylation sites is 2. The smallest absolute Gasteiger partial charge is 0.264 e. The number of hydrogen-bond acceptors (Lipinski definition) is 5. The number of nitrogens with two attached hydrogens (primary N) is 1. The number of nitrogens with zero attached hydrogens (tertiary/aromatic N) is 2. The van der Waals surface area contributed by atoms with Crippen LogP contribution in [0.4, 0.5) is 11.4 Å². The van der Waals surface area contributed by atoms with Gasteiger partial charge in [-0.3, -0.25) is 13.9 Å². The number of primary amides is 1. The van der Waals surface area contributed by atoms with Crippen molar-refractivity contribution in [1.82, 2.24) is 0 Å². The summed E-state index contributed by atoms with van der Waals surface area (Å²) in [5.41, 5.74) is 6.36. The summed E-state index contributed by atoms with van der Waals surface area (Å²) in [6, 6.07) is 12.8. The average Bonchev–Trinajstić information content (AvgIpc) is 3.13. The van der Waals surface area contributed by atoms with Gasteiger partial charge in [-0.15, -0.1) is 0 Å². The Morgan fingerprint density at radius 2 is 1.82 bits per heavy atom. The molecule has 2 aromatic rings. The highest BCUT2D eigenvalue weighted by molar-refractivity contribution is 7.92. The van der Waals surface area contributed by atoms with Crippen LogP contribution in [0.15, 0.2) is 53.4 Å². The summed E-state index contributed by atoms with van der Waals surface area (Å²) in [6.07, 6.45) is 0.211. The van der Waals surface area contributed by atoms with Crippen LogP contribution < -0.4 is 19.7 Å². The second-order valence-electron chi connectivity index (χ2n) is 6.66. The largest absolute Gasteiger partial charge is 0.476 e. The molecule has 2 aliphatic heterocycles. The molecule has 0 aromatic heterocycles. The number of rotatable bonds is 4. The molecule has 0 bridgehead atoms. The normalized spacial score (nSPS) is 19.3. The summed E-state index contributed by atoms with van der Waals surface area (Å²) in [6.45, 7) is 0.420. The monoisotopic (exact) mass is 401 g/mol. The first kappa shape index (κ1) is 18.3. The van der Waals surface area contributed by atoms with Gasteiger partial charge in [0.15, 0.2) is 6.10 Å². The number of fused-ring (bicyclic) bond motifs is 1. The predicted octanol–water partition coefficient (Wildman–Crippen LogP) is 1.26. The van der Waals surface area contributed by atoms with E-state index in [1.54, 1.807) is 41.3 Å². The average molecular weight is 401 g/mol. The van der Waals surface area contributed by atoms with Crippen molar-refractivity contribution in [2.24, 2.45) is 5.73 Å². The molecular formula is C19H19N3O5S. The molecule has 146 valence electrons. The molecule has 0 radical (unpaired) electrons. The molecular weight excluding hydrogens is 382 g/mol. The minimum absolute atomic E-state index is 0.0296. The Morgan fingerprint density at radius 3 is 2.46 bits per heavy atom. The van der Waals surface area contributed by atoms with Gasteiger partial charge >= 0.3 is 0 Å². The van der Waals surface area contributed by atoms with Crippen LogP contribution in [0.1, 0.15) is 12.8 Å². The molecule has 0 unspecified atom stereocenters. The zero-order valence-corrected chi connectivity index (χ0v) is 15.8. The van der Waals surface area contributed by atoms with Crippen LogP contribution in [0.3, 0.4) is 0 Å². The highest BCUT2D eigenvalue weighted by Gasteiger charge is 2.36. The van der Waals surface area contributed by atoms with E-state index in [4.69, 9.17) is 10.5 Å². The summed E-state index contributed by atoms with van der Waals surface area (Å²) >= 11 is 0. The first-order valence-electron chi connectivity index (χ1n) is 8.86. The molecule has 9 heteroatoms. The molecule has 8 nitrogen and oxygen atoms in total. The van der Waals surface area contributed by atoms with Crippen molar-refractivity contribution < 1.29 is 22.7 Å². The van der Waals surface area contributed by atoms with Crippen molar-refractivity contribution in [3.8, 4) is 5.75 Å². The molecule has 0 saturated carbocycles. The summed E-state index contributed by atoms with van der Waals surface area (Å²) in [4.78, 5) is 25.2. The first-order chi connectivity index (χ1) is 13.4. The van der Waals surface area contributed by atoms with E-state index in [-0.39, 0.29) is 23.1 Å². The number of sulfonamides is 1.